The molecule has 2 aromatic rings. The van der Waals surface area contributed by atoms with Crippen molar-refractivity contribution >= 4 is 17.4 Å². The first-order valence-corrected chi connectivity index (χ1v) is 8.20. The van der Waals surface area contributed by atoms with Crippen LogP contribution in [0.2, 0.25) is 0 Å². The fourth-order valence-corrected chi connectivity index (χ4v) is 3.19. The molecule has 0 saturated heterocycles. The van der Waals surface area contributed by atoms with E-state index in [0.29, 0.717) is 12.4 Å². The van der Waals surface area contributed by atoms with E-state index in [-0.39, 0.29) is 5.91 Å². The summed E-state index contributed by atoms with van der Waals surface area (Å²) in [5, 5.41) is 2.93. The summed E-state index contributed by atoms with van der Waals surface area (Å²) < 4.78 is 0. The highest BCUT2D eigenvalue weighted by atomic mass is 16.2. The number of rotatable bonds is 3. The van der Waals surface area contributed by atoms with Gasteiger partial charge in [0, 0.05) is 17.9 Å². The van der Waals surface area contributed by atoms with Crippen molar-refractivity contribution in [3.8, 4) is 0 Å². The molecule has 0 atom stereocenters. The average molecular weight is 309 g/mol. The maximum atomic E-state index is 12.4. The van der Waals surface area contributed by atoms with E-state index in [1.54, 1.807) is 0 Å². The second-order valence-electron chi connectivity index (χ2n) is 6.23. The van der Waals surface area contributed by atoms with Gasteiger partial charge in [-0.25, -0.2) is 4.98 Å². The molecule has 2 heterocycles. The van der Waals surface area contributed by atoms with Crippen LogP contribution < -0.4 is 10.2 Å². The zero-order chi connectivity index (χ0) is 16.2. The first kappa shape index (κ1) is 15.5. The van der Waals surface area contributed by atoms with Crippen molar-refractivity contribution in [2.45, 2.75) is 33.1 Å². The molecule has 120 valence electrons. The Bertz CT molecular complexity index is 691. The van der Waals surface area contributed by atoms with Crippen molar-refractivity contribution in [1.82, 2.24) is 4.98 Å². The van der Waals surface area contributed by atoms with Gasteiger partial charge in [-0.1, -0.05) is 18.2 Å². The summed E-state index contributed by atoms with van der Waals surface area (Å²) in [6.07, 6.45) is 3.38. The lowest BCUT2D eigenvalue weighted by molar-refractivity contribution is -0.115. The Morgan fingerprint density at radius 1 is 1.22 bits per heavy atom. The Labute approximate surface area is 137 Å². The van der Waals surface area contributed by atoms with E-state index in [4.69, 9.17) is 0 Å². The summed E-state index contributed by atoms with van der Waals surface area (Å²) in [5.41, 5.74) is 4.55. The largest absolute Gasteiger partial charge is 0.362 e. The number of benzene rings is 1. The molecule has 1 aliphatic rings. The minimum absolute atomic E-state index is 0.0146. The molecule has 1 N–H and O–H groups in total. The van der Waals surface area contributed by atoms with Crippen LogP contribution in [0.1, 0.15) is 29.7 Å². The van der Waals surface area contributed by atoms with Gasteiger partial charge in [0.2, 0.25) is 5.91 Å². The average Bonchev–Trinajstić information content (AvgIpc) is 2.69. The molecule has 1 aromatic carbocycles. The minimum atomic E-state index is -0.0146. The van der Waals surface area contributed by atoms with E-state index in [0.717, 1.165) is 30.6 Å². The van der Waals surface area contributed by atoms with E-state index in [2.05, 4.69) is 33.4 Å². The van der Waals surface area contributed by atoms with Gasteiger partial charge < -0.3 is 10.2 Å². The number of hydrogen-bond acceptors (Lipinski definition) is 3. The van der Waals surface area contributed by atoms with Crippen molar-refractivity contribution in [3.63, 3.8) is 0 Å². The fraction of sp³-hybridized carbons (Fsp3) is 0.368. The Morgan fingerprint density at radius 3 is 2.87 bits per heavy atom. The molecule has 23 heavy (non-hydrogen) atoms. The number of pyridine rings is 1. The number of fused-ring (bicyclic) bond motifs is 1. The molecule has 0 saturated carbocycles. The van der Waals surface area contributed by atoms with Crippen LogP contribution in [0.3, 0.4) is 0 Å². The summed E-state index contributed by atoms with van der Waals surface area (Å²) in [6.45, 7) is 5.24. The van der Waals surface area contributed by atoms with Crippen molar-refractivity contribution in [1.29, 1.82) is 0 Å². The number of carbonyl (C=O) groups excluding carboxylic acids is 1. The SMILES string of the molecule is Cc1cc(C)nc(NC(=O)CN2CCCCc3ccccc32)c1. The summed E-state index contributed by atoms with van der Waals surface area (Å²) in [6, 6.07) is 12.3. The molecule has 1 aromatic heterocycles. The number of aromatic nitrogens is 1. The first-order chi connectivity index (χ1) is 11.1. The molecule has 1 amide bonds. The molecule has 0 bridgehead atoms. The van der Waals surface area contributed by atoms with Gasteiger partial charge in [-0.2, -0.15) is 0 Å². The number of hydrogen-bond donors (Lipinski definition) is 1. The van der Waals surface area contributed by atoms with Crippen LogP contribution in [0.25, 0.3) is 0 Å². The number of carbonyl (C=O) groups is 1. The number of aryl methyl sites for hydroxylation is 3. The van der Waals surface area contributed by atoms with E-state index in [1.807, 2.05) is 32.0 Å². The summed E-state index contributed by atoms with van der Waals surface area (Å²) in [4.78, 5) is 19.0. The summed E-state index contributed by atoms with van der Waals surface area (Å²) in [7, 11) is 0. The normalized spacial score (nSPS) is 14.1. The molecule has 0 radical (unpaired) electrons. The topological polar surface area (TPSA) is 45.2 Å². The van der Waals surface area contributed by atoms with Crippen molar-refractivity contribution < 1.29 is 4.79 Å². The lowest BCUT2D eigenvalue weighted by atomic mass is 10.1. The smallest absolute Gasteiger partial charge is 0.245 e. The van der Waals surface area contributed by atoms with Crippen LogP contribution in [-0.4, -0.2) is 24.0 Å². The molecule has 0 spiro atoms. The highest BCUT2D eigenvalue weighted by molar-refractivity contribution is 5.93. The highest BCUT2D eigenvalue weighted by Crippen LogP contribution is 2.25. The highest BCUT2D eigenvalue weighted by Gasteiger charge is 2.17. The van der Waals surface area contributed by atoms with Gasteiger partial charge >= 0.3 is 0 Å². The number of nitrogens with zero attached hydrogens (tertiary/aromatic N) is 2. The zero-order valence-electron chi connectivity index (χ0n) is 13.8. The van der Waals surface area contributed by atoms with Crippen LogP contribution in [0.5, 0.6) is 0 Å². The first-order valence-electron chi connectivity index (χ1n) is 8.20. The number of amides is 1. The van der Waals surface area contributed by atoms with Gasteiger partial charge in [-0.3, -0.25) is 4.79 Å². The molecular weight excluding hydrogens is 286 g/mol. The molecule has 4 nitrogen and oxygen atoms in total. The quantitative estimate of drug-likeness (QED) is 0.944. The van der Waals surface area contributed by atoms with Crippen molar-refractivity contribution in [2.75, 3.05) is 23.3 Å². The Balaban J connectivity index is 1.72. The van der Waals surface area contributed by atoms with Gasteiger partial charge in [-0.15, -0.1) is 0 Å². The predicted octanol–water partition coefficient (Wildman–Crippen LogP) is 3.48. The molecule has 0 unspecified atom stereocenters. The molecule has 0 fully saturated rings. The standard InChI is InChI=1S/C19H23N3O/c1-14-11-15(2)20-18(12-14)21-19(23)13-22-10-6-5-8-16-7-3-4-9-17(16)22/h3-4,7,9,11-12H,5-6,8,10,13H2,1-2H3,(H,20,21,23). The van der Waals surface area contributed by atoms with Crippen LogP contribution in [0.4, 0.5) is 11.5 Å². The zero-order valence-corrected chi connectivity index (χ0v) is 13.8. The summed E-state index contributed by atoms with van der Waals surface area (Å²) in [5.74, 6) is 0.620. The van der Waals surface area contributed by atoms with Gasteiger partial charge in [0.15, 0.2) is 0 Å². The Kier molecular flexibility index (Phi) is 4.60. The lowest BCUT2D eigenvalue weighted by Crippen LogP contribution is -2.34. The maximum absolute atomic E-state index is 12.4. The molecule has 4 heteroatoms. The van der Waals surface area contributed by atoms with Crippen LogP contribution in [0.15, 0.2) is 36.4 Å². The van der Waals surface area contributed by atoms with Crippen molar-refractivity contribution in [2.24, 2.45) is 0 Å². The number of anilines is 2. The minimum Gasteiger partial charge on any atom is -0.362 e. The Morgan fingerprint density at radius 2 is 2.04 bits per heavy atom. The molecule has 1 aliphatic heterocycles. The van der Waals surface area contributed by atoms with Crippen LogP contribution >= 0.6 is 0 Å². The van der Waals surface area contributed by atoms with E-state index >= 15 is 0 Å². The van der Waals surface area contributed by atoms with Crippen LogP contribution in [-0.2, 0) is 11.2 Å². The predicted molar refractivity (Wildman–Crippen MR) is 93.9 cm³/mol. The second kappa shape index (κ2) is 6.82. The third kappa shape index (κ3) is 3.89. The van der Waals surface area contributed by atoms with Crippen molar-refractivity contribution in [3.05, 3.63) is 53.2 Å². The fourth-order valence-electron chi connectivity index (χ4n) is 3.19. The maximum Gasteiger partial charge on any atom is 0.245 e. The molecule has 0 aliphatic carbocycles. The van der Waals surface area contributed by atoms with E-state index < -0.39 is 0 Å². The number of nitrogens with one attached hydrogen (secondary N) is 1. The lowest BCUT2D eigenvalue weighted by Gasteiger charge is -2.24. The number of para-hydroxylation sites is 1. The summed E-state index contributed by atoms with van der Waals surface area (Å²) >= 11 is 0. The van der Waals surface area contributed by atoms with Gasteiger partial charge in [0.1, 0.15) is 5.82 Å². The van der Waals surface area contributed by atoms with E-state index in [1.165, 1.54) is 17.7 Å². The van der Waals surface area contributed by atoms with Crippen LogP contribution in [0, 0.1) is 13.8 Å². The monoisotopic (exact) mass is 309 g/mol. The Hall–Kier alpha value is -2.36. The third-order valence-corrected chi connectivity index (χ3v) is 4.16. The van der Waals surface area contributed by atoms with Gasteiger partial charge in [0.05, 0.1) is 6.54 Å². The molecular formula is C19H23N3O. The third-order valence-electron chi connectivity index (χ3n) is 4.16. The molecule has 3 rings (SSSR count). The van der Waals surface area contributed by atoms with E-state index in [9.17, 15) is 4.79 Å². The van der Waals surface area contributed by atoms with Gasteiger partial charge in [-0.05, 0) is 62.4 Å². The van der Waals surface area contributed by atoms with Gasteiger partial charge in [0.25, 0.3) is 0 Å². The second-order valence-corrected chi connectivity index (χ2v) is 6.23.